The number of benzene rings is 4. The average molecular weight is 683 g/mol. The lowest BCUT2D eigenvalue weighted by Crippen LogP contribution is -2.65. The second-order valence-electron chi connectivity index (χ2n) is 13.0. The largest absolute Gasteiger partial charge is 0.385 e. The Morgan fingerprint density at radius 3 is 1.64 bits per heavy atom. The highest BCUT2D eigenvalue weighted by molar-refractivity contribution is 5.18. The summed E-state index contributed by atoms with van der Waals surface area (Å²) in [5.41, 5.74) is 3.85. The van der Waals surface area contributed by atoms with Crippen molar-refractivity contribution in [1.82, 2.24) is 0 Å². The van der Waals surface area contributed by atoms with E-state index < -0.39 is 67.7 Å². The van der Waals surface area contributed by atoms with Crippen LogP contribution >= 0.6 is 0 Å². The van der Waals surface area contributed by atoms with Crippen LogP contribution in [-0.2, 0) is 62.5 Å². The number of aliphatic hydroxyl groups excluding tert-OH is 1. The molecule has 11 atom stereocenters. The fraction of sp³-hybridized carbons (Fsp3) is 0.400. The summed E-state index contributed by atoms with van der Waals surface area (Å²) in [6.45, 7) is 1.41. The molecule has 0 spiro atoms. The maximum Gasteiger partial charge on any atom is 0.187 e. The van der Waals surface area contributed by atoms with Gasteiger partial charge in [-0.05, 0) is 16.7 Å². The number of rotatable bonds is 12. The normalized spacial score (nSPS) is 33.5. The van der Waals surface area contributed by atoms with Crippen molar-refractivity contribution < 1.29 is 47.7 Å². The van der Waals surface area contributed by atoms with Crippen LogP contribution in [0.15, 0.2) is 121 Å². The molecule has 4 aliphatic rings. The average Bonchev–Trinajstić information content (AvgIpc) is 3.61. The maximum absolute atomic E-state index is 12.0. The van der Waals surface area contributed by atoms with Crippen molar-refractivity contribution in [2.24, 2.45) is 0 Å². The minimum Gasteiger partial charge on any atom is -0.385 e. The summed E-state index contributed by atoms with van der Waals surface area (Å²) in [6, 6.07) is 39.4. The van der Waals surface area contributed by atoms with Crippen molar-refractivity contribution in [3.05, 3.63) is 144 Å². The molecule has 0 aliphatic carbocycles. The Bertz CT molecular complexity index is 1610. The minimum absolute atomic E-state index is 0.217. The molecular formula is C40H42O10. The van der Waals surface area contributed by atoms with Crippen molar-refractivity contribution in [3.8, 4) is 0 Å². The first-order chi connectivity index (χ1) is 24.7. The molecule has 0 unspecified atom stereocenters. The number of fused-ring (bicyclic) bond motifs is 3. The van der Waals surface area contributed by atoms with E-state index in [0.717, 1.165) is 22.3 Å². The summed E-state index contributed by atoms with van der Waals surface area (Å²) in [5, 5.41) is 12.0. The van der Waals surface area contributed by atoms with Gasteiger partial charge in [0, 0.05) is 5.56 Å². The minimum atomic E-state index is -1.21. The van der Waals surface area contributed by atoms with Crippen LogP contribution < -0.4 is 0 Å². The van der Waals surface area contributed by atoms with Gasteiger partial charge in [0.1, 0.15) is 48.8 Å². The van der Waals surface area contributed by atoms with Gasteiger partial charge < -0.3 is 47.7 Å². The molecule has 0 aromatic heterocycles. The van der Waals surface area contributed by atoms with Gasteiger partial charge in [-0.1, -0.05) is 121 Å². The molecule has 10 nitrogen and oxygen atoms in total. The second-order valence-corrected chi connectivity index (χ2v) is 13.0. The van der Waals surface area contributed by atoms with Crippen LogP contribution in [-0.4, -0.2) is 79.7 Å². The zero-order valence-corrected chi connectivity index (χ0v) is 27.6. The molecule has 4 aromatic rings. The smallest absolute Gasteiger partial charge is 0.187 e. The van der Waals surface area contributed by atoms with Crippen molar-refractivity contribution in [3.63, 3.8) is 0 Å². The van der Waals surface area contributed by atoms with Crippen LogP contribution in [0.25, 0.3) is 0 Å². The van der Waals surface area contributed by atoms with Gasteiger partial charge in [-0.3, -0.25) is 0 Å². The summed E-state index contributed by atoms with van der Waals surface area (Å²) >= 11 is 0. The van der Waals surface area contributed by atoms with Crippen LogP contribution in [0.1, 0.15) is 28.5 Å². The van der Waals surface area contributed by atoms with Gasteiger partial charge in [-0.15, -0.1) is 0 Å². The summed E-state index contributed by atoms with van der Waals surface area (Å²) < 4.78 is 57.7. The predicted molar refractivity (Wildman–Crippen MR) is 179 cm³/mol. The van der Waals surface area contributed by atoms with Gasteiger partial charge in [-0.2, -0.15) is 0 Å². The van der Waals surface area contributed by atoms with Crippen molar-refractivity contribution in [1.29, 1.82) is 0 Å². The molecule has 10 heteroatoms. The highest BCUT2D eigenvalue weighted by atomic mass is 16.8. The van der Waals surface area contributed by atoms with Crippen LogP contribution in [0.3, 0.4) is 0 Å². The fourth-order valence-corrected chi connectivity index (χ4v) is 6.97. The Morgan fingerprint density at radius 1 is 0.520 bits per heavy atom. The lowest BCUT2D eigenvalue weighted by atomic mass is 9.96. The third-order valence-corrected chi connectivity index (χ3v) is 9.54. The lowest BCUT2D eigenvalue weighted by molar-refractivity contribution is -0.383. The molecule has 4 aliphatic heterocycles. The SMILES string of the molecule is O[C@@H]1[C@H](O[C@H]2[C@H](OCc3ccccc3)[C@H](OCc3ccccc3)[C@H]3OC[C@@H]2O3)O[C@@H]2CO[C@@H](c3ccccc3)O[C@H]2[C@@H]1OCc1ccccc1. The molecule has 262 valence electrons. The standard InChI is InChI=1S/C40H42O10/c41-32-35(42-21-26-13-5-1-6-14-26)33-30(24-45-38(49-33)29-19-11-4-12-20-29)47-39(32)50-34-31-25-46-40(48-31)37(44-23-28-17-9-3-10-18-28)36(34)43-22-27-15-7-2-8-16-27/h1-20,30-41H,21-25H2/t30-,31+,32+,33-,34-,35-,36+,37+,38-,39+,40+/m1/s1. The zero-order valence-electron chi connectivity index (χ0n) is 27.6. The molecule has 8 rings (SSSR count). The molecule has 0 saturated carbocycles. The highest BCUT2D eigenvalue weighted by Crippen LogP contribution is 2.40. The molecule has 4 heterocycles. The predicted octanol–water partition coefficient (Wildman–Crippen LogP) is 5.08. The molecule has 1 N–H and O–H groups in total. The Hall–Kier alpha value is -3.52. The number of hydrogen-bond acceptors (Lipinski definition) is 10. The number of ether oxygens (including phenoxy) is 9. The van der Waals surface area contributed by atoms with Crippen LogP contribution in [0.2, 0.25) is 0 Å². The summed E-state index contributed by atoms with van der Waals surface area (Å²) in [7, 11) is 0. The monoisotopic (exact) mass is 682 g/mol. The fourth-order valence-electron chi connectivity index (χ4n) is 6.97. The van der Waals surface area contributed by atoms with Crippen molar-refractivity contribution >= 4 is 0 Å². The number of aliphatic hydroxyl groups is 1. The summed E-state index contributed by atoms with van der Waals surface area (Å²) in [6.07, 6.45) is -7.99. The van der Waals surface area contributed by atoms with E-state index in [1.54, 1.807) is 0 Å². The van der Waals surface area contributed by atoms with E-state index in [1.165, 1.54) is 0 Å². The van der Waals surface area contributed by atoms with Gasteiger partial charge in [0.25, 0.3) is 0 Å². The molecular weight excluding hydrogens is 640 g/mol. The molecule has 4 saturated heterocycles. The molecule has 4 aromatic carbocycles. The second kappa shape index (κ2) is 15.8. The first-order valence-corrected chi connectivity index (χ1v) is 17.2. The Morgan fingerprint density at radius 2 is 1.04 bits per heavy atom. The molecule has 0 radical (unpaired) electrons. The summed E-state index contributed by atoms with van der Waals surface area (Å²) in [4.78, 5) is 0. The van der Waals surface area contributed by atoms with E-state index in [9.17, 15) is 5.11 Å². The number of hydrogen-bond donors (Lipinski definition) is 1. The van der Waals surface area contributed by atoms with E-state index in [0.29, 0.717) is 13.2 Å². The maximum atomic E-state index is 12.0. The van der Waals surface area contributed by atoms with Gasteiger partial charge in [0.05, 0.1) is 33.0 Å². The molecule has 2 bridgehead atoms. The van der Waals surface area contributed by atoms with Gasteiger partial charge in [-0.25, -0.2) is 0 Å². The van der Waals surface area contributed by atoms with Crippen molar-refractivity contribution in [2.45, 2.75) is 87.5 Å². The van der Waals surface area contributed by atoms with Crippen LogP contribution in [0.5, 0.6) is 0 Å². The van der Waals surface area contributed by atoms with E-state index in [-0.39, 0.29) is 19.8 Å². The Labute approximate surface area is 291 Å². The first-order valence-electron chi connectivity index (χ1n) is 17.2. The third-order valence-electron chi connectivity index (χ3n) is 9.54. The van der Waals surface area contributed by atoms with E-state index in [4.69, 9.17) is 42.6 Å². The van der Waals surface area contributed by atoms with Gasteiger partial charge in [0.2, 0.25) is 0 Å². The lowest BCUT2D eigenvalue weighted by Gasteiger charge is -2.49. The van der Waals surface area contributed by atoms with Gasteiger partial charge >= 0.3 is 0 Å². The van der Waals surface area contributed by atoms with Crippen LogP contribution in [0, 0.1) is 0 Å². The quantitative estimate of drug-likeness (QED) is 0.218. The molecule has 0 amide bonds. The third kappa shape index (κ3) is 7.56. The Balaban J connectivity index is 1.04. The molecule has 4 fully saturated rings. The van der Waals surface area contributed by atoms with Crippen LogP contribution in [0.4, 0.5) is 0 Å². The van der Waals surface area contributed by atoms with E-state index in [1.807, 2.05) is 121 Å². The summed E-state index contributed by atoms with van der Waals surface area (Å²) in [5.74, 6) is 0. The van der Waals surface area contributed by atoms with Gasteiger partial charge in [0.15, 0.2) is 18.9 Å². The van der Waals surface area contributed by atoms with Crippen molar-refractivity contribution in [2.75, 3.05) is 13.2 Å². The molecule has 50 heavy (non-hydrogen) atoms. The first kappa shape index (κ1) is 33.6. The topological polar surface area (TPSA) is 103 Å². The Kier molecular flexibility index (Phi) is 10.6. The van der Waals surface area contributed by atoms with E-state index in [2.05, 4.69) is 0 Å². The highest BCUT2D eigenvalue weighted by Gasteiger charge is 2.57. The zero-order chi connectivity index (χ0) is 33.7. The van der Waals surface area contributed by atoms with E-state index >= 15 is 0 Å².